The molecule has 0 amide bonds. The summed E-state index contributed by atoms with van der Waals surface area (Å²) in [7, 11) is -2.17. The monoisotopic (exact) mass is 450 g/mol. The standard InChI is InChI=1S/C22H21F3N2O3S/c1-27-12-11-17(14-27)30-20-13-16(9-10-19(20)22(23,24)25)26-31(28,29)21-8-4-6-15-5-2-3-7-18(15)21/h2-10,13,17,26H,11-12,14H2,1H3/t17-/m1/s1. The van der Waals surface area contributed by atoms with Crippen molar-refractivity contribution in [1.82, 2.24) is 4.90 Å². The molecule has 4 rings (SSSR count). The molecule has 0 radical (unpaired) electrons. The van der Waals surface area contributed by atoms with Gasteiger partial charge in [-0.15, -0.1) is 0 Å². The van der Waals surface area contributed by atoms with Gasteiger partial charge in [0.1, 0.15) is 11.9 Å². The Hall–Kier alpha value is -2.78. The number of alkyl halides is 3. The molecule has 0 spiro atoms. The van der Waals surface area contributed by atoms with Gasteiger partial charge in [-0.1, -0.05) is 36.4 Å². The first-order chi connectivity index (χ1) is 14.6. The summed E-state index contributed by atoms with van der Waals surface area (Å²) in [4.78, 5) is 2.01. The van der Waals surface area contributed by atoms with Crippen LogP contribution in [0.5, 0.6) is 5.75 Å². The van der Waals surface area contributed by atoms with E-state index in [4.69, 9.17) is 4.74 Å². The fraction of sp³-hybridized carbons (Fsp3) is 0.273. The number of likely N-dealkylation sites (tertiary alicyclic amines) is 1. The Morgan fingerprint density at radius 1 is 1.06 bits per heavy atom. The van der Waals surface area contributed by atoms with Crippen LogP contribution in [-0.2, 0) is 16.2 Å². The molecule has 1 saturated heterocycles. The zero-order chi connectivity index (χ0) is 22.2. The lowest BCUT2D eigenvalue weighted by atomic mass is 10.1. The molecule has 1 fully saturated rings. The van der Waals surface area contributed by atoms with Gasteiger partial charge in [-0.2, -0.15) is 13.2 Å². The third-order valence-electron chi connectivity index (χ3n) is 5.22. The van der Waals surface area contributed by atoms with Crippen LogP contribution in [0.15, 0.2) is 65.6 Å². The van der Waals surface area contributed by atoms with Gasteiger partial charge in [-0.25, -0.2) is 8.42 Å². The highest BCUT2D eigenvalue weighted by Crippen LogP contribution is 2.39. The van der Waals surface area contributed by atoms with Gasteiger partial charge in [0.15, 0.2) is 0 Å². The second-order valence-corrected chi connectivity index (χ2v) is 9.23. The number of ether oxygens (including phenoxy) is 1. The third kappa shape index (κ3) is 4.62. The number of rotatable bonds is 5. The molecule has 3 aromatic rings. The minimum Gasteiger partial charge on any atom is -0.488 e. The van der Waals surface area contributed by atoms with Crippen molar-refractivity contribution in [2.75, 3.05) is 24.9 Å². The topological polar surface area (TPSA) is 58.6 Å². The Balaban J connectivity index is 1.68. The summed E-state index contributed by atoms with van der Waals surface area (Å²) < 4.78 is 74.5. The molecule has 1 N–H and O–H groups in total. The molecule has 164 valence electrons. The first-order valence-corrected chi connectivity index (χ1v) is 11.2. The highest BCUT2D eigenvalue weighted by atomic mass is 32.2. The number of anilines is 1. The molecule has 9 heteroatoms. The molecule has 31 heavy (non-hydrogen) atoms. The van der Waals surface area contributed by atoms with Gasteiger partial charge in [0, 0.05) is 24.5 Å². The SMILES string of the molecule is CN1CC[C@@H](Oc2cc(NS(=O)(=O)c3cccc4ccccc34)ccc2C(F)(F)F)C1. The van der Waals surface area contributed by atoms with Gasteiger partial charge in [0.2, 0.25) is 0 Å². The first kappa shape index (κ1) is 21.5. The Morgan fingerprint density at radius 2 is 1.81 bits per heavy atom. The van der Waals surface area contributed by atoms with Gasteiger partial charge >= 0.3 is 6.18 Å². The van der Waals surface area contributed by atoms with Crippen LogP contribution in [0.25, 0.3) is 10.8 Å². The number of sulfonamides is 1. The average molecular weight is 450 g/mol. The molecule has 0 unspecified atom stereocenters. The van der Waals surface area contributed by atoms with Crippen LogP contribution in [0, 0.1) is 0 Å². The van der Waals surface area contributed by atoms with Crippen molar-refractivity contribution in [1.29, 1.82) is 0 Å². The number of nitrogens with one attached hydrogen (secondary N) is 1. The van der Waals surface area contributed by atoms with E-state index in [9.17, 15) is 21.6 Å². The van der Waals surface area contributed by atoms with Crippen molar-refractivity contribution in [2.24, 2.45) is 0 Å². The van der Waals surface area contributed by atoms with Crippen LogP contribution in [0.3, 0.4) is 0 Å². The second kappa shape index (κ2) is 8.05. The lowest BCUT2D eigenvalue weighted by molar-refractivity contribution is -0.139. The summed E-state index contributed by atoms with van der Waals surface area (Å²) >= 11 is 0. The largest absolute Gasteiger partial charge is 0.488 e. The van der Waals surface area contributed by atoms with E-state index < -0.39 is 27.9 Å². The lowest BCUT2D eigenvalue weighted by Gasteiger charge is -2.19. The van der Waals surface area contributed by atoms with E-state index in [0.29, 0.717) is 18.4 Å². The van der Waals surface area contributed by atoms with Crippen LogP contribution in [-0.4, -0.2) is 39.6 Å². The molecule has 1 aliphatic rings. The number of halogens is 3. The number of benzene rings is 3. The van der Waals surface area contributed by atoms with Gasteiger partial charge in [-0.3, -0.25) is 4.72 Å². The number of likely N-dealkylation sites (N-methyl/N-ethyl adjacent to an activating group) is 1. The Morgan fingerprint density at radius 3 is 2.52 bits per heavy atom. The quantitative estimate of drug-likeness (QED) is 0.610. The third-order valence-corrected chi connectivity index (χ3v) is 6.66. The molecule has 0 aromatic heterocycles. The number of hydrogen-bond acceptors (Lipinski definition) is 4. The van der Waals surface area contributed by atoms with Crippen LogP contribution in [0.1, 0.15) is 12.0 Å². The first-order valence-electron chi connectivity index (χ1n) is 9.70. The summed E-state index contributed by atoms with van der Waals surface area (Å²) in [5.74, 6) is -0.383. The smallest absolute Gasteiger partial charge is 0.419 e. The van der Waals surface area contributed by atoms with E-state index >= 15 is 0 Å². The molecule has 1 heterocycles. The molecular formula is C22H21F3N2O3S. The van der Waals surface area contributed by atoms with Crippen molar-refractivity contribution < 1.29 is 26.3 Å². The zero-order valence-electron chi connectivity index (χ0n) is 16.7. The molecule has 1 atom stereocenters. The summed E-state index contributed by atoms with van der Waals surface area (Å²) in [6.45, 7) is 1.22. The molecular weight excluding hydrogens is 429 g/mol. The average Bonchev–Trinajstić information content (AvgIpc) is 3.11. The van der Waals surface area contributed by atoms with Crippen molar-refractivity contribution in [3.8, 4) is 5.75 Å². The molecule has 0 bridgehead atoms. The van der Waals surface area contributed by atoms with Crippen molar-refractivity contribution >= 4 is 26.5 Å². The maximum Gasteiger partial charge on any atom is 0.419 e. The van der Waals surface area contributed by atoms with E-state index in [-0.39, 0.29) is 16.3 Å². The number of hydrogen-bond donors (Lipinski definition) is 1. The minimum atomic E-state index is -4.62. The predicted octanol–water partition coefficient (Wildman–Crippen LogP) is 4.74. The highest BCUT2D eigenvalue weighted by molar-refractivity contribution is 7.93. The number of fused-ring (bicyclic) bond motifs is 1. The van der Waals surface area contributed by atoms with Crippen LogP contribution >= 0.6 is 0 Å². The summed E-state index contributed by atoms with van der Waals surface area (Å²) in [5, 5.41) is 1.27. The summed E-state index contributed by atoms with van der Waals surface area (Å²) in [6, 6.07) is 14.9. The summed E-state index contributed by atoms with van der Waals surface area (Å²) in [6.07, 6.45) is -4.41. The van der Waals surface area contributed by atoms with Crippen LogP contribution in [0.4, 0.5) is 18.9 Å². The fourth-order valence-electron chi connectivity index (χ4n) is 3.73. The van der Waals surface area contributed by atoms with E-state index in [1.54, 1.807) is 36.4 Å². The van der Waals surface area contributed by atoms with Crippen LogP contribution < -0.4 is 9.46 Å². The Bertz CT molecular complexity index is 1210. The van der Waals surface area contributed by atoms with Crippen molar-refractivity contribution in [3.63, 3.8) is 0 Å². The molecule has 1 aliphatic heterocycles. The van der Waals surface area contributed by atoms with E-state index in [1.165, 1.54) is 6.07 Å². The maximum absolute atomic E-state index is 13.5. The maximum atomic E-state index is 13.5. The van der Waals surface area contributed by atoms with E-state index in [0.717, 1.165) is 30.1 Å². The Kier molecular flexibility index (Phi) is 5.57. The molecule has 5 nitrogen and oxygen atoms in total. The van der Waals surface area contributed by atoms with E-state index in [2.05, 4.69) is 4.72 Å². The van der Waals surface area contributed by atoms with Crippen molar-refractivity contribution in [2.45, 2.75) is 23.6 Å². The van der Waals surface area contributed by atoms with Crippen LogP contribution in [0.2, 0.25) is 0 Å². The second-order valence-electron chi connectivity index (χ2n) is 7.58. The minimum absolute atomic E-state index is 0.00212. The number of nitrogens with zero attached hydrogens (tertiary/aromatic N) is 1. The predicted molar refractivity (Wildman–Crippen MR) is 113 cm³/mol. The molecule has 0 aliphatic carbocycles. The fourth-order valence-corrected chi connectivity index (χ4v) is 5.01. The summed E-state index contributed by atoms with van der Waals surface area (Å²) in [5.41, 5.74) is -0.933. The van der Waals surface area contributed by atoms with Gasteiger partial charge in [0.05, 0.1) is 16.1 Å². The van der Waals surface area contributed by atoms with Gasteiger partial charge in [0.25, 0.3) is 10.0 Å². The molecule has 3 aromatic carbocycles. The van der Waals surface area contributed by atoms with Crippen molar-refractivity contribution in [3.05, 3.63) is 66.2 Å². The van der Waals surface area contributed by atoms with Gasteiger partial charge < -0.3 is 9.64 Å². The van der Waals surface area contributed by atoms with E-state index in [1.807, 2.05) is 11.9 Å². The zero-order valence-corrected chi connectivity index (χ0v) is 17.5. The highest BCUT2D eigenvalue weighted by Gasteiger charge is 2.36. The Labute approximate surface area is 178 Å². The molecule has 0 saturated carbocycles. The lowest BCUT2D eigenvalue weighted by Crippen LogP contribution is -2.23. The van der Waals surface area contributed by atoms with Gasteiger partial charge in [-0.05, 0) is 37.1 Å². The normalized spacial score (nSPS) is 17.7.